The molecule has 1 heterocycles. The van der Waals surface area contributed by atoms with Crippen molar-refractivity contribution in [2.75, 3.05) is 20.1 Å². The van der Waals surface area contributed by atoms with Gasteiger partial charge in [0, 0.05) is 31.5 Å². The molecule has 1 N–H and O–H groups in total. The normalized spacial score (nSPS) is 13.8. The number of aromatic nitrogens is 1. The zero-order chi connectivity index (χ0) is 14.3. The summed E-state index contributed by atoms with van der Waals surface area (Å²) in [4.78, 5) is 6.45. The van der Waals surface area contributed by atoms with Crippen molar-refractivity contribution in [3.63, 3.8) is 0 Å². The Morgan fingerprint density at radius 3 is 2.42 bits per heavy atom. The molecule has 0 radical (unpaired) electrons. The van der Waals surface area contributed by atoms with Crippen LogP contribution in [-0.2, 0) is 6.54 Å². The lowest BCUT2D eigenvalue weighted by atomic mass is 9.86. The molecule has 1 aromatic heterocycles. The van der Waals surface area contributed by atoms with E-state index in [1.165, 1.54) is 12.0 Å². The highest BCUT2D eigenvalue weighted by molar-refractivity contribution is 5.09. The molecule has 0 aliphatic carbocycles. The summed E-state index contributed by atoms with van der Waals surface area (Å²) in [5, 5.41) is 3.67. The third-order valence-corrected chi connectivity index (χ3v) is 3.38. The minimum Gasteiger partial charge on any atom is -0.312 e. The highest BCUT2D eigenvalue weighted by Gasteiger charge is 2.24. The fourth-order valence-corrected chi connectivity index (χ4v) is 2.14. The average molecular weight is 263 g/mol. The first-order valence-electron chi connectivity index (χ1n) is 7.24. The lowest BCUT2D eigenvalue weighted by Crippen LogP contribution is -2.47. The highest BCUT2D eigenvalue weighted by Crippen LogP contribution is 2.20. The van der Waals surface area contributed by atoms with Crippen molar-refractivity contribution in [3.8, 4) is 0 Å². The van der Waals surface area contributed by atoms with E-state index in [0.29, 0.717) is 6.04 Å². The second-order valence-electron chi connectivity index (χ2n) is 6.42. The molecular formula is C16H29N3. The molecule has 3 heteroatoms. The molecule has 0 aliphatic heterocycles. The van der Waals surface area contributed by atoms with Crippen LogP contribution in [-0.4, -0.2) is 36.1 Å². The standard InChI is InChI=1S/C16H29N3/c1-6-9-18-15(16(2,3)4)13-19(5)12-14-7-10-17-11-8-14/h7-8,10-11,15,18H,6,9,12-13H2,1-5H3. The van der Waals surface area contributed by atoms with E-state index in [1.54, 1.807) is 0 Å². The van der Waals surface area contributed by atoms with Crippen LogP contribution in [0.4, 0.5) is 0 Å². The van der Waals surface area contributed by atoms with Gasteiger partial charge in [0.15, 0.2) is 0 Å². The third kappa shape index (κ3) is 6.17. The molecular weight excluding hydrogens is 234 g/mol. The molecule has 1 atom stereocenters. The highest BCUT2D eigenvalue weighted by atomic mass is 15.1. The number of nitrogens with one attached hydrogen (secondary N) is 1. The molecule has 3 nitrogen and oxygen atoms in total. The number of likely N-dealkylation sites (N-methyl/N-ethyl adjacent to an activating group) is 1. The molecule has 0 bridgehead atoms. The Kier molecular flexibility index (Phi) is 6.46. The van der Waals surface area contributed by atoms with Crippen LogP contribution in [0.15, 0.2) is 24.5 Å². The molecule has 1 aromatic rings. The van der Waals surface area contributed by atoms with Gasteiger partial charge in [-0.3, -0.25) is 4.98 Å². The van der Waals surface area contributed by atoms with Gasteiger partial charge in [-0.15, -0.1) is 0 Å². The molecule has 0 saturated heterocycles. The molecule has 1 rings (SSSR count). The van der Waals surface area contributed by atoms with Crippen molar-refractivity contribution >= 4 is 0 Å². The maximum Gasteiger partial charge on any atom is 0.0271 e. The van der Waals surface area contributed by atoms with Crippen molar-refractivity contribution in [2.24, 2.45) is 5.41 Å². The predicted molar refractivity (Wildman–Crippen MR) is 82.1 cm³/mol. The van der Waals surface area contributed by atoms with Crippen LogP contribution in [0.1, 0.15) is 39.7 Å². The number of nitrogens with zero attached hydrogens (tertiary/aromatic N) is 2. The third-order valence-electron chi connectivity index (χ3n) is 3.38. The Morgan fingerprint density at radius 1 is 1.26 bits per heavy atom. The van der Waals surface area contributed by atoms with Crippen LogP contribution in [0.3, 0.4) is 0 Å². The summed E-state index contributed by atoms with van der Waals surface area (Å²) in [6.07, 6.45) is 4.90. The average Bonchev–Trinajstić information content (AvgIpc) is 2.34. The smallest absolute Gasteiger partial charge is 0.0271 e. The molecule has 19 heavy (non-hydrogen) atoms. The van der Waals surface area contributed by atoms with Crippen molar-refractivity contribution in [3.05, 3.63) is 30.1 Å². The second kappa shape index (κ2) is 7.61. The van der Waals surface area contributed by atoms with Crippen molar-refractivity contribution < 1.29 is 0 Å². The van der Waals surface area contributed by atoms with Gasteiger partial charge in [0.1, 0.15) is 0 Å². The first-order valence-corrected chi connectivity index (χ1v) is 7.24. The van der Waals surface area contributed by atoms with Crippen LogP contribution in [0.2, 0.25) is 0 Å². The van der Waals surface area contributed by atoms with E-state index in [0.717, 1.165) is 19.6 Å². The topological polar surface area (TPSA) is 28.2 Å². The largest absolute Gasteiger partial charge is 0.312 e. The number of hydrogen-bond donors (Lipinski definition) is 1. The van der Waals surface area contributed by atoms with Gasteiger partial charge in [-0.1, -0.05) is 27.7 Å². The molecule has 0 saturated carbocycles. The second-order valence-corrected chi connectivity index (χ2v) is 6.42. The number of pyridine rings is 1. The molecule has 108 valence electrons. The summed E-state index contributed by atoms with van der Waals surface area (Å²) >= 11 is 0. The summed E-state index contributed by atoms with van der Waals surface area (Å²) < 4.78 is 0. The fraction of sp³-hybridized carbons (Fsp3) is 0.688. The lowest BCUT2D eigenvalue weighted by Gasteiger charge is -2.35. The summed E-state index contributed by atoms with van der Waals surface area (Å²) in [5.41, 5.74) is 1.60. The van der Waals surface area contributed by atoms with Gasteiger partial charge in [0.25, 0.3) is 0 Å². The number of hydrogen-bond acceptors (Lipinski definition) is 3. The zero-order valence-corrected chi connectivity index (χ0v) is 13.1. The van der Waals surface area contributed by atoms with E-state index in [9.17, 15) is 0 Å². The molecule has 0 amide bonds. The summed E-state index contributed by atoms with van der Waals surface area (Å²) in [6, 6.07) is 4.68. The van der Waals surface area contributed by atoms with Crippen LogP contribution < -0.4 is 5.32 Å². The van der Waals surface area contributed by atoms with Crippen molar-refractivity contribution in [1.29, 1.82) is 0 Å². The van der Waals surface area contributed by atoms with E-state index < -0.39 is 0 Å². The maximum atomic E-state index is 4.06. The SMILES string of the molecule is CCCNC(CN(C)Cc1ccncc1)C(C)(C)C. The first kappa shape index (κ1) is 16.1. The monoisotopic (exact) mass is 263 g/mol. The Labute approximate surface area is 118 Å². The summed E-state index contributed by atoms with van der Waals surface area (Å²) in [7, 11) is 2.19. The van der Waals surface area contributed by atoms with Gasteiger partial charge < -0.3 is 10.2 Å². The lowest BCUT2D eigenvalue weighted by molar-refractivity contribution is 0.190. The Bertz CT molecular complexity index is 343. The predicted octanol–water partition coefficient (Wildman–Crippen LogP) is 2.93. The van der Waals surface area contributed by atoms with E-state index in [-0.39, 0.29) is 5.41 Å². The minimum absolute atomic E-state index is 0.279. The minimum atomic E-state index is 0.279. The van der Waals surface area contributed by atoms with E-state index >= 15 is 0 Å². The Hall–Kier alpha value is -0.930. The van der Waals surface area contributed by atoms with Gasteiger partial charge in [0.05, 0.1) is 0 Å². The van der Waals surface area contributed by atoms with Crippen LogP contribution in [0.25, 0.3) is 0 Å². The molecule has 0 aliphatic rings. The Morgan fingerprint density at radius 2 is 1.89 bits per heavy atom. The van der Waals surface area contributed by atoms with Gasteiger partial charge in [-0.2, -0.15) is 0 Å². The molecule has 0 spiro atoms. The van der Waals surface area contributed by atoms with Gasteiger partial charge in [-0.05, 0) is 43.1 Å². The molecule has 1 unspecified atom stereocenters. The molecule has 0 fully saturated rings. The van der Waals surface area contributed by atoms with E-state index in [4.69, 9.17) is 0 Å². The van der Waals surface area contributed by atoms with E-state index in [2.05, 4.69) is 62.1 Å². The summed E-state index contributed by atoms with van der Waals surface area (Å²) in [5.74, 6) is 0. The summed E-state index contributed by atoms with van der Waals surface area (Å²) in [6.45, 7) is 12.3. The van der Waals surface area contributed by atoms with Crippen LogP contribution >= 0.6 is 0 Å². The van der Waals surface area contributed by atoms with Gasteiger partial charge in [0.2, 0.25) is 0 Å². The van der Waals surface area contributed by atoms with Crippen molar-refractivity contribution in [1.82, 2.24) is 15.2 Å². The Balaban J connectivity index is 2.53. The maximum absolute atomic E-state index is 4.06. The van der Waals surface area contributed by atoms with Gasteiger partial charge >= 0.3 is 0 Å². The number of rotatable bonds is 7. The van der Waals surface area contributed by atoms with Crippen LogP contribution in [0.5, 0.6) is 0 Å². The van der Waals surface area contributed by atoms with E-state index in [1.807, 2.05) is 12.4 Å². The zero-order valence-electron chi connectivity index (χ0n) is 13.1. The van der Waals surface area contributed by atoms with Gasteiger partial charge in [-0.25, -0.2) is 0 Å². The fourth-order valence-electron chi connectivity index (χ4n) is 2.14. The van der Waals surface area contributed by atoms with Crippen molar-refractivity contribution in [2.45, 2.75) is 46.7 Å². The molecule has 0 aromatic carbocycles. The van der Waals surface area contributed by atoms with Crippen LogP contribution in [0, 0.1) is 5.41 Å². The first-order chi connectivity index (χ1) is 8.93. The quantitative estimate of drug-likeness (QED) is 0.820.